The Balaban J connectivity index is 1.57. The summed E-state index contributed by atoms with van der Waals surface area (Å²) in [5, 5.41) is 9.94. The largest absolute Gasteiger partial charge is 0.493 e. The monoisotopic (exact) mass is 460 g/mol. The third kappa shape index (κ3) is 4.66. The predicted molar refractivity (Wildman–Crippen MR) is 127 cm³/mol. The minimum absolute atomic E-state index is 0.199. The van der Waals surface area contributed by atoms with E-state index in [2.05, 4.69) is 20.7 Å². The van der Waals surface area contributed by atoms with Crippen LogP contribution in [0.1, 0.15) is 20.8 Å². The van der Waals surface area contributed by atoms with Crippen molar-refractivity contribution in [3.05, 3.63) is 72.1 Å². The molecule has 4 N–H and O–H groups in total. The quantitative estimate of drug-likeness (QED) is 0.368. The molecule has 2 aromatic carbocycles. The average Bonchev–Trinajstić information content (AvgIpc) is 3.32. The van der Waals surface area contributed by atoms with E-state index in [-0.39, 0.29) is 11.6 Å². The number of anilines is 1. The normalized spacial score (nSPS) is 10.7. The summed E-state index contributed by atoms with van der Waals surface area (Å²) >= 11 is 0. The van der Waals surface area contributed by atoms with Crippen molar-refractivity contribution in [2.24, 2.45) is 5.73 Å². The lowest BCUT2D eigenvalue weighted by molar-refractivity contribution is 0.0954. The Morgan fingerprint density at radius 2 is 1.74 bits per heavy atom. The number of ether oxygens (including phenoxy) is 2. The van der Waals surface area contributed by atoms with Gasteiger partial charge in [-0.3, -0.25) is 9.59 Å². The fourth-order valence-electron chi connectivity index (χ4n) is 3.41. The molecule has 0 aliphatic carbocycles. The molecule has 174 valence electrons. The van der Waals surface area contributed by atoms with Crippen LogP contribution in [0.3, 0.4) is 0 Å². The summed E-state index contributed by atoms with van der Waals surface area (Å²) < 4.78 is 12.3. The van der Waals surface area contributed by atoms with E-state index in [1.165, 1.54) is 0 Å². The lowest BCUT2D eigenvalue weighted by atomic mass is 10.1. The minimum Gasteiger partial charge on any atom is -0.493 e. The van der Waals surface area contributed by atoms with Crippen molar-refractivity contribution in [2.75, 3.05) is 32.6 Å². The molecule has 0 unspecified atom stereocenters. The molecule has 4 rings (SSSR count). The van der Waals surface area contributed by atoms with Gasteiger partial charge in [-0.15, -0.1) is 0 Å². The predicted octanol–water partition coefficient (Wildman–Crippen LogP) is 2.35. The van der Waals surface area contributed by atoms with E-state index < -0.39 is 5.91 Å². The van der Waals surface area contributed by atoms with E-state index in [0.29, 0.717) is 41.5 Å². The molecule has 2 heterocycles. The van der Waals surface area contributed by atoms with E-state index >= 15 is 0 Å². The lowest BCUT2D eigenvalue weighted by Crippen LogP contribution is -2.28. The number of aromatic nitrogens is 3. The summed E-state index contributed by atoms with van der Waals surface area (Å²) in [4.78, 5) is 29.1. The molecule has 0 aliphatic heterocycles. The maximum absolute atomic E-state index is 12.8. The summed E-state index contributed by atoms with van der Waals surface area (Å²) in [6.45, 7) is 0.756. The molecule has 0 atom stereocenters. The molecule has 0 bridgehead atoms. The number of fused-ring (bicyclic) bond motifs is 1. The third-order valence-corrected chi connectivity index (χ3v) is 5.10. The van der Waals surface area contributed by atoms with Crippen molar-refractivity contribution >= 4 is 23.1 Å². The van der Waals surface area contributed by atoms with Gasteiger partial charge in [0.25, 0.3) is 11.8 Å². The van der Waals surface area contributed by atoms with Gasteiger partial charge in [0.15, 0.2) is 22.8 Å². The first-order valence-corrected chi connectivity index (χ1v) is 10.5. The molecular formula is C24H24N6O4. The number of carbonyl (C=O) groups is 2. The number of benzene rings is 2. The molecule has 2 amide bonds. The molecule has 0 fully saturated rings. The summed E-state index contributed by atoms with van der Waals surface area (Å²) in [6, 6.07) is 15.5. The van der Waals surface area contributed by atoms with Crippen LogP contribution in [-0.4, -0.2) is 53.7 Å². The average molecular weight is 460 g/mol. The highest BCUT2D eigenvalue weighted by Gasteiger charge is 2.16. The van der Waals surface area contributed by atoms with Crippen LogP contribution in [0.25, 0.3) is 16.9 Å². The van der Waals surface area contributed by atoms with Gasteiger partial charge in [0.1, 0.15) is 0 Å². The van der Waals surface area contributed by atoms with Crippen molar-refractivity contribution in [2.45, 2.75) is 0 Å². The molecule has 34 heavy (non-hydrogen) atoms. The molecule has 4 aromatic rings. The Hall–Kier alpha value is -4.44. The fourth-order valence-corrected chi connectivity index (χ4v) is 3.41. The van der Waals surface area contributed by atoms with E-state index in [1.54, 1.807) is 67.4 Å². The number of amides is 2. The maximum Gasteiger partial charge on any atom is 0.276 e. The first-order chi connectivity index (χ1) is 16.5. The lowest BCUT2D eigenvalue weighted by Gasteiger charge is -2.10. The van der Waals surface area contributed by atoms with Crippen LogP contribution in [0.4, 0.5) is 5.69 Å². The molecule has 10 nitrogen and oxygen atoms in total. The zero-order chi connectivity index (χ0) is 24.1. The van der Waals surface area contributed by atoms with Crippen LogP contribution in [0.2, 0.25) is 0 Å². The Morgan fingerprint density at radius 1 is 0.971 bits per heavy atom. The van der Waals surface area contributed by atoms with Gasteiger partial charge < -0.3 is 25.8 Å². The summed E-state index contributed by atoms with van der Waals surface area (Å²) in [5.74, 6) is 0.566. The molecule has 10 heteroatoms. The van der Waals surface area contributed by atoms with Crippen LogP contribution in [0.15, 0.2) is 60.8 Å². The van der Waals surface area contributed by atoms with Crippen molar-refractivity contribution < 1.29 is 19.1 Å². The number of hydrogen-bond donors (Lipinski definition) is 3. The van der Waals surface area contributed by atoms with Crippen molar-refractivity contribution in [1.29, 1.82) is 0 Å². The number of hydrogen-bond acceptors (Lipinski definition) is 7. The molecule has 0 spiro atoms. The van der Waals surface area contributed by atoms with Gasteiger partial charge in [0.2, 0.25) is 0 Å². The Labute approximate surface area is 195 Å². The molecule has 0 saturated carbocycles. The first kappa shape index (κ1) is 22.7. The third-order valence-electron chi connectivity index (χ3n) is 5.10. The Morgan fingerprint density at radius 3 is 2.44 bits per heavy atom. The van der Waals surface area contributed by atoms with Gasteiger partial charge in [0, 0.05) is 42.2 Å². The van der Waals surface area contributed by atoms with Gasteiger partial charge in [-0.05, 0) is 48.5 Å². The van der Waals surface area contributed by atoms with Crippen LogP contribution in [0.5, 0.6) is 11.5 Å². The number of nitrogens with one attached hydrogen (secondary N) is 2. The standard InChI is InChI=1S/C24H24N6O4/c1-33-20-8-5-16(13-21(20)34-2)19-9-11-26-22-14-18(29-30(19)22)24(32)28-17-6-3-15(4-7-17)23(31)27-12-10-25/h3-9,11,13-14H,10,12,25H2,1-2H3,(H,27,31)(H,28,32). The zero-order valence-corrected chi connectivity index (χ0v) is 18.7. The number of methoxy groups -OCH3 is 2. The SMILES string of the molecule is COc1ccc(-c2ccnc3cc(C(=O)Nc4ccc(C(=O)NCCN)cc4)nn23)cc1OC. The summed E-state index contributed by atoms with van der Waals surface area (Å²) in [7, 11) is 3.14. The highest BCUT2D eigenvalue weighted by Crippen LogP contribution is 2.32. The summed E-state index contributed by atoms with van der Waals surface area (Å²) in [5.41, 5.74) is 8.68. The molecule has 0 radical (unpaired) electrons. The van der Waals surface area contributed by atoms with Crippen molar-refractivity contribution in [3.8, 4) is 22.8 Å². The van der Waals surface area contributed by atoms with Gasteiger partial charge in [0.05, 0.1) is 19.9 Å². The zero-order valence-electron chi connectivity index (χ0n) is 18.7. The number of nitrogens with zero attached hydrogens (tertiary/aromatic N) is 3. The number of rotatable bonds is 8. The molecule has 0 aliphatic rings. The second-order valence-corrected chi connectivity index (χ2v) is 7.28. The van der Waals surface area contributed by atoms with E-state index in [1.807, 2.05) is 12.1 Å². The molecular weight excluding hydrogens is 436 g/mol. The van der Waals surface area contributed by atoms with E-state index in [9.17, 15) is 9.59 Å². The van der Waals surface area contributed by atoms with Crippen LogP contribution >= 0.6 is 0 Å². The Kier molecular flexibility index (Phi) is 6.69. The summed E-state index contributed by atoms with van der Waals surface area (Å²) in [6.07, 6.45) is 1.65. The van der Waals surface area contributed by atoms with E-state index in [0.717, 1.165) is 11.3 Å². The van der Waals surface area contributed by atoms with Crippen molar-refractivity contribution in [1.82, 2.24) is 19.9 Å². The molecule has 0 saturated heterocycles. The van der Waals surface area contributed by atoms with Gasteiger partial charge in [-0.2, -0.15) is 5.10 Å². The minimum atomic E-state index is -0.399. The maximum atomic E-state index is 12.8. The Bertz CT molecular complexity index is 1330. The number of nitrogens with two attached hydrogens (primary N) is 1. The van der Waals surface area contributed by atoms with Crippen LogP contribution < -0.4 is 25.8 Å². The highest BCUT2D eigenvalue weighted by molar-refractivity contribution is 6.04. The first-order valence-electron chi connectivity index (χ1n) is 10.5. The van der Waals surface area contributed by atoms with Gasteiger partial charge in [-0.1, -0.05) is 0 Å². The molecule has 2 aromatic heterocycles. The highest BCUT2D eigenvalue weighted by atomic mass is 16.5. The van der Waals surface area contributed by atoms with Crippen LogP contribution in [0, 0.1) is 0 Å². The van der Waals surface area contributed by atoms with Crippen LogP contribution in [-0.2, 0) is 0 Å². The van der Waals surface area contributed by atoms with Crippen molar-refractivity contribution in [3.63, 3.8) is 0 Å². The fraction of sp³-hybridized carbons (Fsp3) is 0.167. The smallest absolute Gasteiger partial charge is 0.276 e. The number of carbonyl (C=O) groups excluding carboxylic acids is 2. The topological polar surface area (TPSA) is 133 Å². The van der Waals surface area contributed by atoms with E-state index in [4.69, 9.17) is 15.2 Å². The second kappa shape index (κ2) is 10.0. The van der Waals surface area contributed by atoms with Gasteiger partial charge >= 0.3 is 0 Å². The second-order valence-electron chi connectivity index (χ2n) is 7.28. The van der Waals surface area contributed by atoms with Gasteiger partial charge in [-0.25, -0.2) is 9.50 Å².